The Morgan fingerprint density at radius 2 is 1.76 bits per heavy atom. The van der Waals surface area contributed by atoms with Gasteiger partial charge < -0.3 is 19.3 Å². The van der Waals surface area contributed by atoms with Crippen molar-refractivity contribution in [2.24, 2.45) is 0 Å². The van der Waals surface area contributed by atoms with E-state index in [-0.39, 0.29) is 17.4 Å². The molecule has 0 spiro atoms. The molecule has 2 heterocycles. The van der Waals surface area contributed by atoms with E-state index in [0.29, 0.717) is 43.2 Å². The molecule has 2 fully saturated rings. The first-order valence-corrected chi connectivity index (χ1v) is 12.3. The Hall–Kier alpha value is -2.98. The van der Waals surface area contributed by atoms with Gasteiger partial charge in [0.1, 0.15) is 6.54 Å². The first-order chi connectivity index (χ1) is 16.4. The second kappa shape index (κ2) is 10.5. The average Bonchev–Trinajstić information content (AvgIpc) is 3.11. The fourth-order valence-corrected chi connectivity index (χ4v) is 5.22. The van der Waals surface area contributed by atoms with E-state index in [1.54, 1.807) is 23.1 Å². The van der Waals surface area contributed by atoms with Crippen molar-refractivity contribution in [1.82, 2.24) is 9.80 Å². The highest BCUT2D eigenvalue weighted by Gasteiger charge is 2.37. The number of anilines is 1. The SMILES string of the molecule is COc1cc(Br)cc(/C=C2/SC(=O)N(CC(=O)N3CCN(c4ccccc4)CC3)C2=O)c1OC. The standard InChI is InChI=1S/C24H24BrN3O5S/c1-32-19-14-17(25)12-16(22(19)33-2)13-20-23(30)28(24(31)34-20)15-21(29)27-10-8-26(9-11-27)18-6-4-3-5-7-18/h3-7,12-14H,8-11,15H2,1-2H3/b20-13+. The molecule has 0 unspecified atom stereocenters. The van der Waals surface area contributed by atoms with Gasteiger partial charge in [0.25, 0.3) is 11.1 Å². The summed E-state index contributed by atoms with van der Waals surface area (Å²) in [5, 5.41) is -0.464. The van der Waals surface area contributed by atoms with Gasteiger partial charge in [-0.2, -0.15) is 0 Å². The molecule has 0 aromatic heterocycles. The minimum Gasteiger partial charge on any atom is -0.493 e. The lowest BCUT2D eigenvalue weighted by Gasteiger charge is -2.36. The number of carbonyl (C=O) groups excluding carboxylic acids is 3. The number of hydrogen-bond donors (Lipinski definition) is 0. The topological polar surface area (TPSA) is 79.4 Å². The van der Waals surface area contributed by atoms with Crippen LogP contribution in [0.3, 0.4) is 0 Å². The van der Waals surface area contributed by atoms with E-state index in [1.807, 2.05) is 30.3 Å². The van der Waals surface area contributed by atoms with E-state index in [1.165, 1.54) is 14.2 Å². The molecule has 0 saturated carbocycles. The maximum Gasteiger partial charge on any atom is 0.294 e. The predicted molar refractivity (Wildman–Crippen MR) is 135 cm³/mol. The summed E-state index contributed by atoms with van der Waals surface area (Å²) in [6.07, 6.45) is 1.58. The lowest BCUT2D eigenvalue weighted by molar-refractivity contribution is -0.136. The molecule has 2 aliphatic rings. The Morgan fingerprint density at radius 1 is 1.06 bits per heavy atom. The van der Waals surface area contributed by atoms with E-state index in [9.17, 15) is 14.4 Å². The Bertz CT molecular complexity index is 1130. The number of ether oxygens (including phenoxy) is 2. The third kappa shape index (κ3) is 5.07. The Labute approximate surface area is 210 Å². The molecule has 2 saturated heterocycles. The molecule has 2 aliphatic heterocycles. The monoisotopic (exact) mass is 545 g/mol. The summed E-state index contributed by atoms with van der Waals surface area (Å²) < 4.78 is 11.5. The molecule has 2 aromatic rings. The number of nitrogens with zero attached hydrogens (tertiary/aromatic N) is 3. The number of imide groups is 1. The number of hydrogen-bond acceptors (Lipinski definition) is 7. The zero-order chi connectivity index (χ0) is 24.2. The number of amides is 3. The van der Waals surface area contributed by atoms with Crippen LogP contribution >= 0.6 is 27.7 Å². The van der Waals surface area contributed by atoms with Gasteiger partial charge in [-0.05, 0) is 42.1 Å². The number of halogens is 1. The number of thioether (sulfide) groups is 1. The van der Waals surface area contributed by atoms with Crippen LogP contribution in [0.25, 0.3) is 6.08 Å². The number of benzene rings is 2. The third-order valence-electron chi connectivity index (χ3n) is 5.68. The van der Waals surface area contributed by atoms with Crippen molar-refractivity contribution in [3.63, 3.8) is 0 Å². The van der Waals surface area contributed by atoms with Crippen molar-refractivity contribution in [2.75, 3.05) is 51.8 Å². The lowest BCUT2D eigenvalue weighted by atomic mass is 10.1. The Balaban J connectivity index is 1.43. The van der Waals surface area contributed by atoms with Crippen LogP contribution < -0.4 is 14.4 Å². The highest BCUT2D eigenvalue weighted by molar-refractivity contribution is 9.10. The molecule has 4 rings (SSSR count). The number of carbonyl (C=O) groups is 3. The van der Waals surface area contributed by atoms with Crippen LogP contribution in [0.15, 0.2) is 51.8 Å². The summed E-state index contributed by atoms with van der Waals surface area (Å²) in [6.45, 7) is 2.19. The van der Waals surface area contributed by atoms with Gasteiger partial charge in [0, 0.05) is 41.9 Å². The molecule has 3 amide bonds. The molecule has 34 heavy (non-hydrogen) atoms. The minimum absolute atomic E-state index is 0.227. The third-order valence-corrected chi connectivity index (χ3v) is 7.04. The summed E-state index contributed by atoms with van der Waals surface area (Å²) in [7, 11) is 3.03. The van der Waals surface area contributed by atoms with Crippen LogP contribution in [-0.2, 0) is 9.59 Å². The lowest BCUT2D eigenvalue weighted by Crippen LogP contribution is -2.51. The Morgan fingerprint density at radius 3 is 2.41 bits per heavy atom. The van der Waals surface area contributed by atoms with E-state index in [0.717, 1.165) is 26.8 Å². The fourth-order valence-electron chi connectivity index (χ4n) is 3.93. The predicted octanol–water partition coefficient (Wildman–Crippen LogP) is 3.85. The van der Waals surface area contributed by atoms with Gasteiger partial charge in [-0.15, -0.1) is 0 Å². The number of para-hydroxylation sites is 1. The molecular formula is C24H24BrN3O5S. The highest BCUT2D eigenvalue weighted by Crippen LogP contribution is 2.39. The van der Waals surface area contributed by atoms with Crippen molar-refractivity contribution in [2.45, 2.75) is 0 Å². The van der Waals surface area contributed by atoms with Gasteiger partial charge >= 0.3 is 0 Å². The summed E-state index contributed by atoms with van der Waals surface area (Å²) >= 11 is 4.22. The molecule has 178 valence electrons. The van der Waals surface area contributed by atoms with E-state index in [2.05, 4.69) is 20.8 Å². The van der Waals surface area contributed by atoms with Gasteiger partial charge in [-0.25, -0.2) is 0 Å². The van der Waals surface area contributed by atoms with E-state index in [4.69, 9.17) is 9.47 Å². The van der Waals surface area contributed by atoms with Crippen molar-refractivity contribution >= 4 is 56.5 Å². The normalized spacial score (nSPS) is 17.5. The smallest absolute Gasteiger partial charge is 0.294 e. The molecule has 0 atom stereocenters. The highest BCUT2D eigenvalue weighted by atomic mass is 79.9. The van der Waals surface area contributed by atoms with Crippen molar-refractivity contribution in [1.29, 1.82) is 0 Å². The largest absolute Gasteiger partial charge is 0.493 e. The maximum atomic E-state index is 13.0. The van der Waals surface area contributed by atoms with Gasteiger partial charge in [0.2, 0.25) is 5.91 Å². The van der Waals surface area contributed by atoms with Crippen LogP contribution in [0.1, 0.15) is 5.56 Å². The van der Waals surface area contributed by atoms with Gasteiger partial charge in [0.15, 0.2) is 11.5 Å². The summed E-state index contributed by atoms with van der Waals surface area (Å²) in [5.74, 6) is 0.210. The Kier molecular flexibility index (Phi) is 7.47. The molecule has 0 bridgehead atoms. The number of rotatable bonds is 6. The van der Waals surface area contributed by atoms with Crippen molar-refractivity contribution in [3.8, 4) is 11.5 Å². The zero-order valence-electron chi connectivity index (χ0n) is 18.8. The van der Waals surface area contributed by atoms with Crippen LogP contribution in [0.2, 0.25) is 0 Å². The molecule has 0 N–H and O–H groups in total. The van der Waals surface area contributed by atoms with Gasteiger partial charge in [-0.3, -0.25) is 19.3 Å². The molecule has 0 radical (unpaired) electrons. The number of piperazine rings is 1. The molecular weight excluding hydrogens is 522 g/mol. The van der Waals surface area contributed by atoms with Crippen molar-refractivity contribution < 1.29 is 23.9 Å². The fraction of sp³-hybridized carbons (Fsp3) is 0.292. The summed E-state index contributed by atoms with van der Waals surface area (Å²) in [4.78, 5) is 43.6. The van der Waals surface area contributed by atoms with Crippen LogP contribution in [0.5, 0.6) is 11.5 Å². The second-order valence-corrected chi connectivity index (χ2v) is 9.61. The summed E-state index contributed by atoms with van der Waals surface area (Å²) in [5.41, 5.74) is 1.70. The number of methoxy groups -OCH3 is 2. The zero-order valence-corrected chi connectivity index (χ0v) is 21.2. The van der Waals surface area contributed by atoms with Crippen LogP contribution in [0.4, 0.5) is 10.5 Å². The van der Waals surface area contributed by atoms with E-state index < -0.39 is 11.1 Å². The molecule has 10 heteroatoms. The first-order valence-electron chi connectivity index (χ1n) is 10.7. The second-order valence-electron chi connectivity index (χ2n) is 7.70. The van der Waals surface area contributed by atoms with E-state index >= 15 is 0 Å². The first kappa shape index (κ1) is 24.2. The minimum atomic E-state index is -0.493. The molecule has 2 aromatic carbocycles. The average molecular weight is 546 g/mol. The van der Waals surface area contributed by atoms with Gasteiger partial charge in [0.05, 0.1) is 19.1 Å². The molecule has 8 nitrogen and oxygen atoms in total. The summed E-state index contributed by atoms with van der Waals surface area (Å²) in [6, 6.07) is 13.5. The van der Waals surface area contributed by atoms with Crippen molar-refractivity contribution in [3.05, 3.63) is 57.4 Å². The van der Waals surface area contributed by atoms with Gasteiger partial charge in [-0.1, -0.05) is 34.1 Å². The van der Waals surface area contributed by atoms with Crippen LogP contribution in [0, 0.1) is 0 Å². The quantitative estimate of drug-likeness (QED) is 0.510. The molecule has 0 aliphatic carbocycles. The maximum absolute atomic E-state index is 13.0. The van der Waals surface area contributed by atoms with Crippen LogP contribution in [-0.4, -0.2) is 73.8 Å².